The molecule has 1 heterocycles. The van der Waals surface area contributed by atoms with Crippen LogP contribution in [-0.2, 0) is 45.6 Å². The summed E-state index contributed by atoms with van der Waals surface area (Å²) >= 11 is 0. The Hall–Kier alpha value is -3.55. The standard InChI is InChI=1S/C31H32F3NO7S/c1-3-19-38-27-26(39-20-23-13-7-4-8-14-23)22(2)40-29(28(27)42-43(36,37)21-24-15-9-5-10-16-24)41-30(31(32,33)34)35-25-17-11-6-12-18-25/h3-18,22,26-29H,1,19-21H2,2H3/t22-,26-,27+,28+,29?/m1/s1. The maximum Gasteiger partial charge on any atom is 0.468 e. The Morgan fingerprint density at radius 2 is 1.47 bits per heavy atom. The molecule has 1 aliphatic rings. The third-order valence-electron chi connectivity index (χ3n) is 6.32. The molecule has 3 aromatic carbocycles. The van der Waals surface area contributed by atoms with E-state index in [-0.39, 0.29) is 18.9 Å². The summed E-state index contributed by atoms with van der Waals surface area (Å²) in [5.74, 6) is -2.20. The minimum absolute atomic E-state index is 0.0311. The topological polar surface area (TPSA) is 92.7 Å². The van der Waals surface area contributed by atoms with Gasteiger partial charge in [0.05, 0.1) is 25.0 Å². The van der Waals surface area contributed by atoms with Crippen molar-refractivity contribution in [2.75, 3.05) is 6.61 Å². The Morgan fingerprint density at radius 1 is 0.884 bits per heavy atom. The van der Waals surface area contributed by atoms with Crippen LogP contribution in [0.25, 0.3) is 0 Å². The lowest BCUT2D eigenvalue weighted by atomic mass is 9.99. The Kier molecular flexibility index (Phi) is 11.1. The lowest BCUT2D eigenvalue weighted by Crippen LogP contribution is -2.61. The molecule has 1 aliphatic heterocycles. The zero-order chi connectivity index (χ0) is 30.9. The number of halogens is 3. The van der Waals surface area contributed by atoms with Crippen molar-refractivity contribution in [3.63, 3.8) is 0 Å². The third-order valence-corrected chi connectivity index (χ3v) is 7.52. The van der Waals surface area contributed by atoms with Gasteiger partial charge in [-0.3, -0.25) is 4.18 Å². The molecule has 230 valence electrons. The predicted molar refractivity (Wildman–Crippen MR) is 154 cm³/mol. The van der Waals surface area contributed by atoms with Crippen molar-refractivity contribution >= 4 is 21.7 Å². The maximum atomic E-state index is 14.2. The Bertz CT molecular complexity index is 1440. The molecule has 43 heavy (non-hydrogen) atoms. The number of benzene rings is 3. The van der Waals surface area contributed by atoms with Gasteiger partial charge in [0.2, 0.25) is 6.29 Å². The van der Waals surface area contributed by atoms with Crippen LogP contribution in [0.3, 0.4) is 0 Å². The molecule has 0 radical (unpaired) electrons. The second kappa shape index (κ2) is 14.8. The molecule has 0 saturated carbocycles. The van der Waals surface area contributed by atoms with Crippen LogP contribution in [0.1, 0.15) is 18.1 Å². The van der Waals surface area contributed by atoms with E-state index in [1.165, 1.54) is 30.3 Å². The van der Waals surface area contributed by atoms with Crippen LogP contribution in [0.2, 0.25) is 0 Å². The smallest absolute Gasteiger partial charge is 0.441 e. The van der Waals surface area contributed by atoms with Gasteiger partial charge >= 0.3 is 6.18 Å². The lowest BCUT2D eigenvalue weighted by Gasteiger charge is -2.44. The number of alkyl halides is 3. The minimum Gasteiger partial charge on any atom is -0.441 e. The monoisotopic (exact) mass is 619 g/mol. The highest BCUT2D eigenvalue weighted by Gasteiger charge is 2.52. The summed E-state index contributed by atoms with van der Waals surface area (Å²) in [6.45, 7) is 5.20. The zero-order valence-electron chi connectivity index (χ0n) is 23.3. The number of hydrogen-bond acceptors (Lipinski definition) is 8. The number of hydrogen-bond donors (Lipinski definition) is 0. The Balaban J connectivity index is 1.70. The third kappa shape index (κ3) is 9.47. The molecule has 12 heteroatoms. The quantitative estimate of drug-likeness (QED) is 0.105. The van der Waals surface area contributed by atoms with E-state index in [1.807, 2.05) is 30.3 Å². The van der Waals surface area contributed by atoms with E-state index in [2.05, 4.69) is 11.6 Å². The molecule has 0 amide bonds. The number of para-hydroxylation sites is 1. The maximum absolute atomic E-state index is 14.2. The summed E-state index contributed by atoms with van der Waals surface area (Å²) in [6, 6.07) is 24.7. The lowest BCUT2D eigenvalue weighted by molar-refractivity contribution is -0.286. The highest BCUT2D eigenvalue weighted by Crippen LogP contribution is 2.33. The Morgan fingerprint density at radius 3 is 2.05 bits per heavy atom. The van der Waals surface area contributed by atoms with Gasteiger partial charge in [-0.15, -0.1) is 6.58 Å². The summed E-state index contributed by atoms with van der Waals surface area (Å²) < 4.78 is 97.7. The van der Waals surface area contributed by atoms with Gasteiger partial charge in [-0.25, -0.2) is 4.99 Å². The van der Waals surface area contributed by atoms with E-state index >= 15 is 0 Å². The van der Waals surface area contributed by atoms with Gasteiger partial charge in [-0.05, 0) is 30.2 Å². The second-order valence-electron chi connectivity index (χ2n) is 9.67. The molecular weight excluding hydrogens is 587 g/mol. The van der Waals surface area contributed by atoms with Crippen molar-refractivity contribution in [1.82, 2.24) is 0 Å². The van der Waals surface area contributed by atoms with Gasteiger partial charge in [-0.2, -0.15) is 21.6 Å². The normalized spacial score (nSPS) is 23.1. The number of rotatable bonds is 12. The van der Waals surface area contributed by atoms with E-state index in [0.717, 1.165) is 5.56 Å². The van der Waals surface area contributed by atoms with E-state index < -0.39 is 58.7 Å². The highest BCUT2D eigenvalue weighted by atomic mass is 32.2. The van der Waals surface area contributed by atoms with Crippen molar-refractivity contribution < 1.29 is 44.7 Å². The fourth-order valence-corrected chi connectivity index (χ4v) is 5.61. The van der Waals surface area contributed by atoms with Gasteiger partial charge in [-0.1, -0.05) is 84.9 Å². The summed E-state index contributed by atoms with van der Waals surface area (Å²) in [5.41, 5.74) is 1.18. The van der Waals surface area contributed by atoms with Crippen LogP contribution in [0.15, 0.2) is 109 Å². The van der Waals surface area contributed by atoms with Gasteiger partial charge in [0.25, 0.3) is 16.0 Å². The van der Waals surface area contributed by atoms with Crippen molar-refractivity contribution in [2.45, 2.75) is 56.2 Å². The van der Waals surface area contributed by atoms with Crippen LogP contribution in [0, 0.1) is 0 Å². The van der Waals surface area contributed by atoms with Crippen molar-refractivity contribution in [1.29, 1.82) is 0 Å². The molecule has 4 rings (SSSR count). The Labute approximate surface area is 248 Å². The number of nitrogens with zero attached hydrogens (tertiary/aromatic N) is 1. The molecule has 5 atom stereocenters. The summed E-state index contributed by atoms with van der Waals surface area (Å²) in [5, 5.41) is 0. The fraction of sp³-hybridized carbons (Fsp3) is 0.323. The van der Waals surface area contributed by atoms with Crippen molar-refractivity contribution in [2.24, 2.45) is 4.99 Å². The molecular formula is C31H32F3NO7S. The van der Waals surface area contributed by atoms with Gasteiger partial charge in [0.15, 0.2) is 6.10 Å². The van der Waals surface area contributed by atoms with E-state index in [1.54, 1.807) is 43.3 Å². The molecule has 0 aliphatic carbocycles. The average Bonchev–Trinajstić information content (AvgIpc) is 2.97. The van der Waals surface area contributed by atoms with Crippen LogP contribution >= 0.6 is 0 Å². The first-order valence-corrected chi connectivity index (χ1v) is 15.0. The summed E-state index contributed by atoms with van der Waals surface area (Å²) in [6.07, 6.45) is -10.4. The van der Waals surface area contributed by atoms with E-state index in [9.17, 15) is 21.6 Å². The van der Waals surface area contributed by atoms with Crippen molar-refractivity contribution in [3.8, 4) is 0 Å². The van der Waals surface area contributed by atoms with E-state index in [4.69, 9.17) is 23.1 Å². The molecule has 1 fully saturated rings. The second-order valence-corrected chi connectivity index (χ2v) is 11.3. The van der Waals surface area contributed by atoms with Crippen molar-refractivity contribution in [3.05, 3.63) is 115 Å². The number of aliphatic imine (C=N–C) groups is 1. The molecule has 0 aromatic heterocycles. The molecule has 1 saturated heterocycles. The molecule has 8 nitrogen and oxygen atoms in total. The number of ether oxygens (including phenoxy) is 4. The van der Waals surface area contributed by atoms with Crippen LogP contribution in [0.5, 0.6) is 0 Å². The summed E-state index contributed by atoms with van der Waals surface area (Å²) in [4.78, 5) is 3.63. The zero-order valence-corrected chi connectivity index (χ0v) is 24.1. The minimum atomic E-state index is -5.05. The van der Waals surface area contributed by atoms with Gasteiger partial charge < -0.3 is 18.9 Å². The highest BCUT2D eigenvalue weighted by molar-refractivity contribution is 7.85. The molecule has 0 spiro atoms. The van der Waals surface area contributed by atoms with Gasteiger partial charge in [0.1, 0.15) is 18.0 Å². The first-order valence-electron chi connectivity index (χ1n) is 13.4. The van der Waals surface area contributed by atoms with Crippen LogP contribution in [-0.4, -0.2) is 57.8 Å². The predicted octanol–water partition coefficient (Wildman–Crippen LogP) is 6.11. The van der Waals surface area contributed by atoms with Gasteiger partial charge in [0, 0.05) is 0 Å². The van der Waals surface area contributed by atoms with E-state index in [0.29, 0.717) is 5.56 Å². The molecule has 3 aromatic rings. The molecule has 0 N–H and O–H groups in total. The largest absolute Gasteiger partial charge is 0.468 e. The first kappa shape index (κ1) is 32.4. The van der Waals surface area contributed by atoms with Crippen LogP contribution in [0.4, 0.5) is 18.9 Å². The first-order chi connectivity index (χ1) is 20.6. The SMILES string of the molecule is C=CCO[C@H]1[C@H](OCc2ccccc2)[C@@H](C)OC(OC(=Nc2ccccc2)C(F)(F)F)[C@H]1OS(=O)(=O)Cc1ccccc1. The summed E-state index contributed by atoms with van der Waals surface area (Å²) in [7, 11) is -4.41. The average molecular weight is 620 g/mol. The fourth-order valence-electron chi connectivity index (χ4n) is 4.40. The molecule has 0 bridgehead atoms. The van der Waals surface area contributed by atoms with Crippen LogP contribution < -0.4 is 0 Å². The molecule has 1 unspecified atom stereocenters.